The zero-order chi connectivity index (χ0) is 14.1. The van der Waals surface area contributed by atoms with Crippen molar-refractivity contribution in [2.45, 2.75) is 51.6 Å². The summed E-state index contributed by atoms with van der Waals surface area (Å²) in [6, 6.07) is 8.35. The van der Waals surface area contributed by atoms with E-state index in [0.29, 0.717) is 6.04 Å². The molecule has 0 bridgehead atoms. The van der Waals surface area contributed by atoms with E-state index in [1.165, 1.54) is 49.9 Å². The van der Waals surface area contributed by atoms with Gasteiger partial charge in [-0.3, -0.25) is 4.90 Å². The van der Waals surface area contributed by atoms with Gasteiger partial charge in [-0.2, -0.15) is 0 Å². The van der Waals surface area contributed by atoms with Gasteiger partial charge >= 0.3 is 0 Å². The summed E-state index contributed by atoms with van der Waals surface area (Å²) in [7, 11) is 2.30. The molecule has 0 radical (unpaired) electrons. The van der Waals surface area contributed by atoms with Gasteiger partial charge in [-0.25, -0.2) is 0 Å². The van der Waals surface area contributed by atoms with Crippen molar-refractivity contribution in [3.8, 4) is 0 Å². The topological polar surface area (TPSA) is 15.3 Å². The lowest BCUT2D eigenvalue weighted by Gasteiger charge is -2.40. The maximum absolute atomic E-state index is 3.75. The molecule has 1 heterocycles. The van der Waals surface area contributed by atoms with E-state index in [4.69, 9.17) is 0 Å². The zero-order valence-electron chi connectivity index (χ0n) is 13.2. The Morgan fingerprint density at radius 3 is 2.75 bits per heavy atom. The third-order valence-corrected chi connectivity index (χ3v) is 5.01. The molecule has 1 aliphatic heterocycles. The fraction of sp³-hybridized carbons (Fsp3) is 0.667. The number of piperidine rings is 1. The summed E-state index contributed by atoms with van der Waals surface area (Å²) < 4.78 is 0. The molecule has 0 aromatic heterocycles. The number of aryl methyl sites for hydroxylation is 2. The minimum atomic E-state index is 0.592. The van der Waals surface area contributed by atoms with Gasteiger partial charge in [0.1, 0.15) is 0 Å². The highest BCUT2D eigenvalue weighted by molar-refractivity contribution is 5.33. The van der Waals surface area contributed by atoms with Crippen molar-refractivity contribution in [1.29, 1.82) is 0 Å². The first-order valence-corrected chi connectivity index (χ1v) is 8.16. The molecule has 3 rings (SSSR count). The zero-order valence-corrected chi connectivity index (χ0v) is 13.2. The molecule has 2 unspecified atom stereocenters. The first kappa shape index (κ1) is 14.1. The molecule has 2 aliphatic rings. The maximum Gasteiger partial charge on any atom is 0.0388 e. The van der Waals surface area contributed by atoms with Gasteiger partial charge in [0.15, 0.2) is 0 Å². The minimum Gasteiger partial charge on any atom is -0.314 e. The molecule has 1 saturated heterocycles. The van der Waals surface area contributed by atoms with Crippen molar-refractivity contribution >= 4 is 0 Å². The summed E-state index contributed by atoms with van der Waals surface area (Å²) >= 11 is 0. The molecule has 2 atom stereocenters. The number of hydrogen-bond acceptors (Lipinski definition) is 2. The largest absolute Gasteiger partial charge is 0.314 e. The van der Waals surface area contributed by atoms with E-state index < -0.39 is 0 Å². The number of nitrogens with one attached hydrogen (secondary N) is 1. The molecule has 1 aromatic carbocycles. The highest BCUT2D eigenvalue weighted by atomic mass is 15.1. The summed E-state index contributed by atoms with van der Waals surface area (Å²) in [4.78, 5) is 2.57. The molecule has 1 N–H and O–H groups in total. The second-order valence-corrected chi connectivity index (χ2v) is 6.87. The SMILES string of the molecule is Cc1ccc(C)c(C2C(CNC3CC3)CCCN2C)c1. The van der Waals surface area contributed by atoms with Gasteiger partial charge in [0.2, 0.25) is 0 Å². The third-order valence-electron chi connectivity index (χ3n) is 5.01. The molecular formula is C18H28N2. The normalized spacial score (nSPS) is 27.8. The first-order chi connectivity index (χ1) is 9.65. The monoisotopic (exact) mass is 272 g/mol. The molecule has 110 valence electrons. The lowest BCUT2D eigenvalue weighted by molar-refractivity contribution is 0.119. The maximum atomic E-state index is 3.75. The average Bonchev–Trinajstić information content (AvgIpc) is 3.24. The summed E-state index contributed by atoms with van der Waals surface area (Å²) in [5.41, 5.74) is 4.39. The van der Waals surface area contributed by atoms with Gasteiger partial charge < -0.3 is 5.32 Å². The smallest absolute Gasteiger partial charge is 0.0388 e. The van der Waals surface area contributed by atoms with Crippen LogP contribution in [-0.2, 0) is 0 Å². The van der Waals surface area contributed by atoms with E-state index in [1.54, 1.807) is 5.56 Å². The van der Waals surface area contributed by atoms with Crippen molar-refractivity contribution in [2.75, 3.05) is 20.1 Å². The molecule has 0 spiro atoms. The number of rotatable bonds is 4. The predicted octanol–water partition coefficient (Wildman–Crippen LogP) is 3.44. The van der Waals surface area contributed by atoms with E-state index in [0.717, 1.165) is 12.0 Å². The molecule has 0 amide bonds. The van der Waals surface area contributed by atoms with Crippen LogP contribution in [0.3, 0.4) is 0 Å². The van der Waals surface area contributed by atoms with E-state index >= 15 is 0 Å². The Morgan fingerprint density at radius 2 is 2.00 bits per heavy atom. The lowest BCUT2D eigenvalue weighted by atomic mass is 9.82. The van der Waals surface area contributed by atoms with Gasteiger partial charge in [-0.05, 0) is 70.2 Å². The van der Waals surface area contributed by atoms with Crippen molar-refractivity contribution in [2.24, 2.45) is 5.92 Å². The quantitative estimate of drug-likeness (QED) is 0.903. The molecule has 2 nitrogen and oxygen atoms in total. The lowest BCUT2D eigenvalue weighted by Crippen LogP contribution is -2.41. The average molecular weight is 272 g/mol. The van der Waals surface area contributed by atoms with Crippen molar-refractivity contribution in [1.82, 2.24) is 10.2 Å². The molecule has 2 fully saturated rings. The summed E-state index contributed by atoms with van der Waals surface area (Å²) in [5.74, 6) is 0.759. The number of hydrogen-bond donors (Lipinski definition) is 1. The Hall–Kier alpha value is -0.860. The van der Waals surface area contributed by atoms with Crippen molar-refractivity contribution in [3.63, 3.8) is 0 Å². The van der Waals surface area contributed by atoms with Crippen LogP contribution in [0.4, 0.5) is 0 Å². The van der Waals surface area contributed by atoms with Crippen LogP contribution in [0.1, 0.15) is 48.4 Å². The van der Waals surface area contributed by atoms with Crippen molar-refractivity contribution < 1.29 is 0 Å². The fourth-order valence-corrected chi connectivity index (χ4v) is 3.65. The second kappa shape index (κ2) is 5.87. The van der Waals surface area contributed by atoms with Crippen LogP contribution in [0.25, 0.3) is 0 Å². The van der Waals surface area contributed by atoms with Crippen LogP contribution in [0.2, 0.25) is 0 Å². The van der Waals surface area contributed by atoms with Crippen LogP contribution in [0.5, 0.6) is 0 Å². The highest BCUT2D eigenvalue weighted by Crippen LogP contribution is 2.37. The standard InChI is InChI=1S/C18H28N2/c1-13-6-7-14(2)17(11-13)18-15(5-4-10-20(18)3)12-19-16-8-9-16/h6-7,11,15-16,18-19H,4-5,8-10,12H2,1-3H3. The fourth-order valence-electron chi connectivity index (χ4n) is 3.65. The van der Waals surface area contributed by atoms with Crippen LogP contribution in [0.15, 0.2) is 18.2 Å². The number of likely N-dealkylation sites (tertiary alicyclic amines) is 1. The Bertz CT molecular complexity index is 464. The summed E-state index contributed by atoms with van der Waals surface area (Å²) in [6.45, 7) is 6.90. The van der Waals surface area contributed by atoms with Crippen LogP contribution in [0, 0.1) is 19.8 Å². The molecule has 2 heteroatoms. The van der Waals surface area contributed by atoms with Crippen LogP contribution < -0.4 is 5.32 Å². The Kier molecular flexibility index (Phi) is 4.13. The first-order valence-electron chi connectivity index (χ1n) is 8.16. The van der Waals surface area contributed by atoms with E-state index in [9.17, 15) is 0 Å². The summed E-state index contributed by atoms with van der Waals surface area (Å²) in [6.07, 6.45) is 5.48. The second-order valence-electron chi connectivity index (χ2n) is 6.87. The van der Waals surface area contributed by atoms with Crippen LogP contribution >= 0.6 is 0 Å². The van der Waals surface area contributed by atoms with Gasteiger partial charge in [0, 0.05) is 18.6 Å². The van der Waals surface area contributed by atoms with Gasteiger partial charge in [0.25, 0.3) is 0 Å². The van der Waals surface area contributed by atoms with Crippen LogP contribution in [-0.4, -0.2) is 31.1 Å². The Balaban J connectivity index is 1.82. The molecule has 20 heavy (non-hydrogen) atoms. The molecule has 1 aromatic rings. The Morgan fingerprint density at radius 1 is 1.20 bits per heavy atom. The molecule has 1 saturated carbocycles. The third kappa shape index (κ3) is 3.07. The number of benzene rings is 1. The van der Waals surface area contributed by atoms with E-state index in [-0.39, 0.29) is 0 Å². The molecule has 1 aliphatic carbocycles. The van der Waals surface area contributed by atoms with E-state index in [2.05, 4.69) is 49.3 Å². The van der Waals surface area contributed by atoms with Gasteiger partial charge in [0.05, 0.1) is 0 Å². The summed E-state index contributed by atoms with van der Waals surface area (Å²) in [5, 5.41) is 3.75. The van der Waals surface area contributed by atoms with E-state index in [1.807, 2.05) is 0 Å². The highest BCUT2D eigenvalue weighted by Gasteiger charge is 2.32. The van der Waals surface area contributed by atoms with Crippen molar-refractivity contribution in [3.05, 3.63) is 34.9 Å². The molecular weight excluding hydrogens is 244 g/mol. The number of nitrogens with zero attached hydrogens (tertiary/aromatic N) is 1. The minimum absolute atomic E-state index is 0.592. The van der Waals surface area contributed by atoms with Gasteiger partial charge in [-0.15, -0.1) is 0 Å². The Labute approximate surface area is 123 Å². The predicted molar refractivity (Wildman–Crippen MR) is 85.0 cm³/mol. The van der Waals surface area contributed by atoms with Gasteiger partial charge in [-0.1, -0.05) is 23.8 Å².